The van der Waals surface area contributed by atoms with Gasteiger partial charge in [0, 0.05) is 25.3 Å². The van der Waals surface area contributed by atoms with Crippen LogP contribution in [0.5, 0.6) is 0 Å². The predicted octanol–water partition coefficient (Wildman–Crippen LogP) is 2.19. The van der Waals surface area contributed by atoms with E-state index in [2.05, 4.69) is 5.32 Å². The fourth-order valence-corrected chi connectivity index (χ4v) is 1.85. The summed E-state index contributed by atoms with van der Waals surface area (Å²) < 4.78 is 0. The third-order valence-corrected chi connectivity index (χ3v) is 2.83. The summed E-state index contributed by atoms with van der Waals surface area (Å²) in [6, 6.07) is 7.63. The average Bonchev–Trinajstić information content (AvgIpc) is 2.83. The lowest BCUT2D eigenvalue weighted by Crippen LogP contribution is -2.32. The molecule has 2 amide bonds. The van der Waals surface area contributed by atoms with Gasteiger partial charge in [0.25, 0.3) is 0 Å². The number of hydrogen-bond acceptors (Lipinski definition) is 2. The van der Waals surface area contributed by atoms with E-state index in [1.807, 2.05) is 29.2 Å². The van der Waals surface area contributed by atoms with E-state index in [-0.39, 0.29) is 18.4 Å². The Balaban J connectivity index is 0.00000144. The van der Waals surface area contributed by atoms with Gasteiger partial charge in [-0.3, -0.25) is 0 Å². The minimum Gasteiger partial charge on any atom is -0.326 e. The number of hydrogen-bond donors (Lipinski definition) is 2. The van der Waals surface area contributed by atoms with E-state index in [0.29, 0.717) is 6.54 Å². The Labute approximate surface area is 108 Å². The number of nitrogens with zero attached hydrogens (tertiary/aromatic N) is 1. The maximum Gasteiger partial charge on any atom is 0.321 e. The Morgan fingerprint density at radius 2 is 1.82 bits per heavy atom. The molecule has 1 fully saturated rings. The fraction of sp³-hybridized carbons (Fsp3) is 0.417. The van der Waals surface area contributed by atoms with Gasteiger partial charge in [0.05, 0.1) is 0 Å². The lowest BCUT2D eigenvalue weighted by molar-refractivity contribution is 0.222. The van der Waals surface area contributed by atoms with Gasteiger partial charge in [-0.2, -0.15) is 0 Å². The number of likely N-dealkylation sites (tertiary alicyclic amines) is 1. The van der Waals surface area contributed by atoms with Crippen molar-refractivity contribution in [2.45, 2.75) is 19.4 Å². The number of carbonyl (C=O) groups is 1. The third-order valence-electron chi connectivity index (χ3n) is 2.83. The summed E-state index contributed by atoms with van der Waals surface area (Å²) >= 11 is 0. The van der Waals surface area contributed by atoms with Crippen molar-refractivity contribution in [2.24, 2.45) is 5.73 Å². The van der Waals surface area contributed by atoms with Gasteiger partial charge in [0.2, 0.25) is 0 Å². The van der Waals surface area contributed by atoms with E-state index in [1.54, 1.807) is 0 Å². The Bertz CT molecular complexity index is 361. The van der Waals surface area contributed by atoms with E-state index >= 15 is 0 Å². The molecule has 0 saturated carbocycles. The van der Waals surface area contributed by atoms with Gasteiger partial charge in [-0.25, -0.2) is 4.79 Å². The number of rotatable bonds is 2. The number of anilines is 1. The van der Waals surface area contributed by atoms with Crippen LogP contribution in [0.3, 0.4) is 0 Å². The van der Waals surface area contributed by atoms with Crippen LogP contribution in [-0.2, 0) is 6.54 Å². The Morgan fingerprint density at radius 3 is 2.35 bits per heavy atom. The number of urea groups is 1. The summed E-state index contributed by atoms with van der Waals surface area (Å²) in [5, 5.41) is 2.88. The fourth-order valence-electron chi connectivity index (χ4n) is 1.85. The van der Waals surface area contributed by atoms with Crippen LogP contribution in [0.15, 0.2) is 24.3 Å². The summed E-state index contributed by atoms with van der Waals surface area (Å²) in [6.07, 6.45) is 2.22. The van der Waals surface area contributed by atoms with E-state index < -0.39 is 0 Å². The summed E-state index contributed by atoms with van der Waals surface area (Å²) in [6.45, 7) is 2.26. The summed E-state index contributed by atoms with van der Waals surface area (Å²) in [5.41, 5.74) is 7.40. The molecule has 0 aliphatic carbocycles. The molecular weight excluding hydrogens is 238 g/mol. The number of amides is 2. The van der Waals surface area contributed by atoms with Crippen LogP contribution in [0.25, 0.3) is 0 Å². The minimum atomic E-state index is -0.00185. The molecule has 0 spiro atoms. The second kappa shape index (κ2) is 6.47. The molecule has 94 valence electrons. The highest BCUT2D eigenvalue weighted by molar-refractivity contribution is 5.89. The molecule has 1 aliphatic rings. The molecule has 4 nitrogen and oxygen atoms in total. The zero-order valence-corrected chi connectivity index (χ0v) is 10.5. The second-order valence-electron chi connectivity index (χ2n) is 4.03. The smallest absolute Gasteiger partial charge is 0.321 e. The van der Waals surface area contributed by atoms with Gasteiger partial charge in [-0.15, -0.1) is 12.4 Å². The van der Waals surface area contributed by atoms with Crippen molar-refractivity contribution in [3.8, 4) is 0 Å². The second-order valence-corrected chi connectivity index (χ2v) is 4.03. The molecule has 1 aliphatic heterocycles. The molecule has 0 bridgehead atoms. The summed E-state index contributed by atoms with van der Waals surface area (Å²) in [5.74, 6) is 0. The van der Waals surface area contributed by atoms with E-state index in [1.165, 1.54) is 0 Å². The monoisotopic (exact) mass is 255 g/mol. The molecule has 17 heavy (non-hydrogen) atoms. The first-order valence-corrected chi connectivity index (χ1v) is 5.64. The number of nitrogens with one attached hydrogen (secondary N) is 1. The third kappa shape index (κ3) is 3.61. The lowest BCUT2D eigenvalue weighted by Gasteiger charge is -2.16. The molecule has 1 saturated heterocycles. The van der Waals surface area contributed by atoms with Crippen molar-refractivity contribution in [1.82, 2.24) is 4.90 Å². The van der Waals surface area contributed by atoms with Gasteiger partial charge in [-0.05, 0) is 30.5 Å². The minimum absolute atomic E-state index is 0. The van der Waals surface area contributed by atoms with Crippen molar-refractivity contribution in [3.63, 3.8) is 0 Å². The number of nitrogens with two attached hydrogens (primary N) is 1. The lowest BCUT2D eigenvalue weighted by atomic mass is 10.2. The van der Waals surface area contributed by atoms with Crippen molar-refractivity contribution >= 4 is 24.1 Å². The van der Waals surface area contributed by atoms with Gasteiger partial charge >= 0.3 is 6.03 Å². The Kier molecular flexibility index (Phi) is 5.25. The molecule has 1 aromatic carbocycles. The maximum absolute atomic E-state index is 11.8. The van der Waals surface area contributed by atoms with Crippen LogP contribution in [-0.4, -0.2) is 24.0 Å². The highest BCUT2D eigenvalue weighted by Crippen LogP contribution is 2.13. The molecule has 5 heteroatoms. The number of benzene rings is 1. The molecular formula is C12H18ClN3O. The Hall–Kier alpha value is -1.26. The first-order valence-electron chi connectivity index (χ1n) is 5.64. The van der Waals surface area contributed by atoms with Crippen LogP contribution in [0.2, 0.25) is 0 Å². The normalized spacial score (nSPS) is 14.3. The van der Waals surface area contributed by atoms with Crippen LogP contribution in [0.4, 0.5) is 10.5 Å². The van der Waals surface area contributed by atoms with Crippen LogP contribution < -0.4 is 11.1 Å². The predicted molar refractivity (Wildman–Crippen MR) is 71.4 cm³/mol. The quantitative estimate of drug-likeness (QED) is 0.851. The van der Waals surface area contributed by atoms with Crippen LogP contribution in [0.1, 0.15) is 18.4 Å². The number of halogens is 1. The van der Waals surface area contributed by atoms with Crippen molar-refractivity contribution in [2.75, 3.05) is 18.4 Å². The topological polar surface area (TPSA) is 58.4 Å². The van der Waals surface area contributed by atoms with Crippen LogP contribution >= 0.6 is 12.4 Å². The summed E-state index contributed by atoms with van der Waals surface area (Å²) in [4.78, 5) is 13.6. The largest absolute Gasteiger partial charge is 0.326 e. The first kappa shape index (κ1) is 13.8. The molecule has 0 atom stereocenters. The van der Waals surface area contributed by atoms with E-state index in [4.69, 9.17) is 5.73 Å². The molecule has 2 rings (SSSR count). The molecule has 3 N–H and O–H groups in total. The van der Waals surface area contributed by atoms with Crippen molar-refractivity contribution in [3.05, 3.63) is 29.8 Å². The Morgan fingerprint density at radius 1 is 1.24 bits per heavy atom. The standard InChI is InChI=1S/C12H17N3O.ClH/c13-9-10-3-5-11(6-4-10)14-12(16)15-7-1-2-8-15;/h3-6H,1-2,7-9,13H2,(H,14,16);1H. The molecule has 1 aromatic rings. The zero-order chi connectivity index (χ0) is 11.4. The van der Waals surface area contributed by atoms with Gasteiger partial charge < -0.3 is 16.0 Å². The molecule has 0 unspecified atom stereocenters. The summed E-state index contributed by atoms with van der Waals surface area (Å²) in [7, 11) is 0. The highest BCUT2D eigenvalue weighted by Gasteiger charge is 2.17. The highest BCUT2D eigenvalue weighted by atomic mass is 35.5. The molecule has 0 aromatic heterocycles. The van der Waals surface area contributed by atoms with E-state index in [0.717, 1.165) is 37.2 Å². The number of carbonyl (C=O) groups excluding carboxylic acids is 1. The molecule has 1 heterocycles. The first-order chi connectivity index (χ1) is 7.79. The van der Waals surface area contributed by atoms with Crippen molar-refractivity contribution < 1.29 is 4.79 Å². The maximum atomic E-state index is 11.8. The SMILES string of the molecule is Cl.NCc1ccc(NC(=O)N2CCCC2)cc1. The van der Waals surface area contributed by atoms with Crippen molar-refractivity contribution in [1.29, 1.82) is 0 Å². The van der Waals surface area contributed by atoms with Crippen LogP contribution in [0, 0.1) is 0 Å². The van der Waals surface area contributed by atoms with Gasteiger partial charge in [0.15, 0.2) is 0 Å². The van der Waals surface area contributed by atoms with Gasteiger partial charge in [-0.1, -0.05) is 12.1 Å². The average molecular weight is 256 g/mol. The zero-order valence-electron chi connectivity index (χ0n) is 9.69. The van der Waals surface area contributed by atoms with Gasteiger partial charge in [0.1, 0.15) is 0 Å². The molecule has 0 radical (unpaired) electrons. The van der Waals surface area contributed by atoms with E-state index in [9.17, 15) is 4.79 Å².